The van der Waals surface area contributed by atoms with Crippen molar-refractivity contribution in [3.05, 3.63) is 52.7 Å². The Morgan fingerprint density at radius 1 is 1.18 bits per heavy atom. The second kappa shape index (κ2) is 9.53. The molecule has 1 atom stereocenters. The fraction of sp³-hybridized carbons (Fsp3) is 0.357. The Labute approximate surface area is 229 Å². The summed E-state index contributed by atoms with van der Waals surface area (Å²) in [5.74, 6) is 0.520. The molecule has 206 valence electrons. The standard InChI is InChI=1S/C28H27FN6O5/c1-4-33-9-11-34(12-10-33)19-14-21-18(30-16(19)2)13-22(40-21)28(26(37)31-27(38)32-28)7-8-35-15-17-5-6-20(39-3)24(29)23(17)25(35)36/h5-6,13-14H,4,9-12,15H2,1-3H3,(H2,31,32,37,38). The highest BCUT2D eigenvalue weighted by molar-refractivity contribution is 6.09. The SMILES string of the molecule is CCN1CCN(c2cc3oc(C4(C#CN5Cc6ccc(OC)c(F)c6C5=O)NC(=O)NC4=O)cc3nc2C)CC1. The Balaban J connectivity index is 1.36. The molecule has 2 N–H and O–H groups in total. The number of nitrogens with zero attached hydrogens (tertiary/aromatic N) is 4. The van der Waals surface area contributed by atoms with E-state index in [0.29, 0.717) is 16.7 Å². The van der Waals surface area contributed by atoms with E-state index in [0.717, 1.165) is 49.0 Å². The highest BCUT2D eigenvalue weighted by atomic mass is 19.1. The van der Waals surface area contributed by atoms with Gasteiger partial charge in [0.15, 0.2) is 22.9 Å². The number of rotatable bonds is 4. The number of urea groups is 1. The van der Waals surface area contributed by atoms with Crippen molar-refractivity contribution < 1.29 is 27.9 Å². The van der Waals surface area contributed by atoms with Gasteiger partial charge in [-0.1, -0.05) is 13.0 Å². The molecule has 40 heavy (non-hydrogen) atoms. The number of ether oxygens (including phenoxy) is 1. The number of nitrogens with one attached hydrogen (secondary N) is 2. The molecule has 1 unspecified atom stereocenters. The first-order chi connectivity index (χ1) is 19.2. The predicted octanol–water partition coefficient (Wildman–Crippen LogP) is 2.08. The molecule has 2 aromatic heterocycles. The van der Waals surface area contributed by atoms with Crippen LogP contribution in [0.5, 0.6) is 5.75 Å². The van der Waals surface area contributed by atoms with Gasteiger partial charge >= 0.3 is 6.03 Å². The monoisotopic (exact) mass is 546 g/mol. The third-order valence-electron chi connectivity index (χ3n) is 7.64. The van der Waals surface area contributed by atoms with E-state index in [1.807, 2.05) is 13.0 Å². The molecule has 2 fully saturated rings. The molecule has 0 spiro atoms. The van der Waals surface area contributed by atoms with Crippen molar-refractivity contribution in [3.63, 3.8) is 0 Å². The molecule has 11 nitrogen and oxygen atoms in total. The van der Waals surface area contributed by atoms with Gasteiger partial charge in [-0.3, -0.25) is 19.8 Å². The van der Waals surface area contributed by atoms with Crippen molar-refractivity contribution >= 4 is 34.6 Å². The van der Waals surface area contributed by atoms with Gasteiger partial charge < -0.3 is 24.3 Å². The highest BCUT2D eigenvalue weighted by Gasteiger charge is 2.50. The lowest BCUT2D eigenvalue weighted by Gasteiger charge is -2.35. The smallest absolute Gasteiger partial charge is 0.323 e. The first-order valence-corrected chi connectivity index (χ1v) is 13.0. The Bertz CT molecular complexity index is 1630. The lowest BCUT2D eigenvalue weighted by molar-refractivity contribution is -0.122. The summed E-state index contributed by atoms with van der Waals surface area (Å²) >= 11 is 0. The molecule has 3 aromatic rings. The number of aromatic nitrogens is 1. The summed E-state index contributed by atoms with van der Waals surface area (Å²) < 4.78 is 25.9. The van der Waals surface area contributed by atoms with Gasteiger partial charge in [0.2, 0.25) is 5.54 Å². The largest absolute Gasteiger partial charge is 0.494 e. The zero-order valence-corrected chi connectivity index (χ0v) is 22.3. The number of imide groups is 1. The average Bonchev–Trinajstić information content (AvgIpc) is 3.60. The van der Waals surface area contributed by atoms with E-state index in [9.17, 15) is 18.8 Å². The van der Waals surface area contributed by atoms with Gasteiger partial charge in [0, 0.05) is 44.4 Å². The molecule has 0 bridgehead atoms. The Morgan fingerprint density at radius 3 is 2.62 bits per heavy atom. The summed E-state index contributed by atoms with van der Waals surface area (Å²) in [5.41, 5.74) is 1.05. The summed E-state index contributed by atoms with van der Waals surface area (Å²) in [6.45, 7) is 8.64. The molecule has 12 heteroatoms. The molecule has 3 aliphatic heterocycles. The summed E-state index contributed by atoms with van der Waals surface area (Å²) in [6.07, 6.45) is 0. The molecule has 0 aliphatic carbocycles. The first-order valence-electron chi connectivity index (χ1n) is 13.0. The number of hydrogen-bond donors (Lipinski definition) is 2. The fourth-order valence-electron chi connectivity index (χ4n) is 5.38. The number of carbonyl (C=O) groups is 3. The van der Waals surface area contributed by atoms with Crippen molar-refractivity contribution in [2.45, 2.75) is 25.9 Å². The van der Waals surface area contributed by atoms with Crippen LogP contribution in [-0.4, -0.2) is 72.5 Å². The van der Waals surface area contributed by atoms with Crippen LogP contribution in [0.1, 0.15) is 34.3 Å². The van der Waals surface area contributed by atoms with Gasteiger partial charge in [-0.25, -0.2) is 14.2 Å². The Kier molecular flexibility index (Phi) is 6.11. The number of pyridine rings is 1. The number of amides is 4. The van der Waals surface area contributed by atoms with Crippen LogP contribution in [0.2, 0.25) is 0 Å². The number of aryl methyl sites for hydroxylation is 1. The third kappa shape index (κ3) is 4.01. The maximum Gasteiger partial charge on any atom is 0.323 e. The van der Waals surface area contributed by atoms with E-state index < -0.39 is 29.2 Å². The van der Waals surface area contributed by atoms with Crippen LogP contribution in [-0.2, 0) is 16.9 Å². The fourth-order valence-corrected chi connectivity index (χ4v) is 5.38. The second-order valence-corrected chi connectivity index (χ2v) is 9.91. The van der Waals surface area contributed by atoms with E-state index in [4.69, 9.17) is 14.1 Å². The minimum atomic E-state index is -1.91. The Morgan fingerprint density at radius 2 is 1.95 bits per heavy atom. The average molecular weight is 547 g/mol. The van der Waals surface area contributed by atoms with Crippen LogP contribution < -0.4 is 20.3 Å². The van der Waals surface area contributed by atoms with Crippen LogP contribution in [0.4, 0.5) is 14.9 Å². The quantitative estimate of drug-likeness (QED) is 0.377. The minimum absolute atomic E-state index is 0.00324. The molecule has 6 rings (SSSR count). The van der Waals surface area contributed by atoms with Gasteiger partial charge in [0.25, 0.3) is 11.8 Å². The first kappa shape index (κ1) is 25.6. The van der Waals surface area contributed by atoms with Crippen LogP contribution in [0, 0.1) is 24.7 Å². The molecular weight excluding hydrogens is 519 g/mol. The van der Waals surface area contributed by atoms with Crippen LogP contribution in [0.3, 0.4) is 0 Å². The van der Waals surface area contributed by atoms with E-state index >= 15 is 0 Å². The number of anilines is 1. The van der Waals surface area contributed by atoms with Crippen LogP contribution in [0.25, 0.3) is 11.1 Å². The molecular formula is C28H27FN6O5. The zero-order chi connectivity index (χ0) is 28.2. The summed E-state index contributed by atoms with van der Waals surface area (Å²) in [4.78, 5) is 48.7. The number of likely N-dealkylation sites (N-methyl/N-ethyl adjacent to an activating group) is 1. The van der Waals surface area contributed by atoms with Crippen molar-refractivity contribution in [1.82, 2.24) is 25.4 Å². The topological polar surface area (TPSA) is 120 Å². The van der Waals surface area contributed by atoms with Crippen molar-refractivity contribution in [1.29, 1.82) is 0 Å². The number of benzene rings is 1. The lowest BCUT2D eigenvalue weighted by Crippen LogP contribution is -2.46. The van der Waals surface area contributed by atoms with Gasteiger partial charge in [-0.05, 0) is 31.0 Å². The maximum atomic E-state index is 14.8. The van der Waals surface area contributed by atoms with E-state index in [1.54, 1.807) is 12.1 Å². The van der Waals surface area contributed by atoms with Crippen molar-refractivity contribution in [3.8, 4) is 17.7 Å². The normalized spacial score (nSPS) is 20.9. The third-order valence-corrected chi connectivity index (χ3v) is 7.64. The number of methoxy groups -OCH3 is 1. The van der Waals surface area contributed by atoms with Gasteiger partial charge in [0.05, 0.1) is 30.6 Å². The maximum absolute atomic E-state index is 14.8. The predicted molar refractivity (Wildman–Crippen MR) is 142 cm³/mol. The zero-order valence-electron chi connectivity index (χ0n) is 22.3. The van der Waals surface area contributed by atoms with Gasteiger partial charge in [0.1, 0.15) is 5.52 Å². The number of carbonyl (C=O) groups excluding carboxylic acids is 3. The molecule has 0 radical (unpaired) electrons. The lowest BCUT2D eigenvalue weighted by atomic mass is 9.97. The number of halogens is 1. The number of fused-ring (bicyclic) bond motifs is 2. The van der Waals surface area contributed by atoms with E-state index in [2.05, 4.69) is 39.3 Å². The number of furan rings is 1. The van der Waals surface area contributed by atoms with Crippen molar-refractivity contribution in [2.75, 3.05) is 44.7 Å². The highest BCUT2D eigenvalue weighted by Crippen LogP contribution is 2.34. The molecule has 2 saturated heterocycles. The summed E-state index contributed by atoms with van der Waals surface area (Å²) in [7, 11) is 1.31. The van der Waals surface area contributed by atoms with E-state index in [-0.39, 0.29) is 23.6 Å². The molecule has 5 heterocycles. The van der Waals surface area contributed by atoms with E-state index in [1.165, 1.54) is 13.2 Å². The van der Waals surface area contributed by atoms with Crippen molar-refractivity contribution in [2.24, 2.45) is 0 Å². The number of hydrogen-bond acceptors (Lipinski definition) is 8. The van der Waals surface area contributed by atoms with Crippen LogP contribution in [0.15, 0.2) is 28.7 Å². The minimum Gasteiger partial charge on any atom is -0.494 e. The Hall–Kier alpha value is -4.63. The van der Waals surface area contributed by atoms with Crippen LogP contribution >= 0.6 is 0 Å². The molecule has 1 aromatic carbocycles. The molecule has 4 amide bonds. The molecule has 3 aliphatic rings. The molecule has 0 saturated carbocycles. The summed E-state index contributed by atoms with van der Waals surface area (Å²) in [6, 6.07) is 8.37. The van der Waals surface area contributed by atoms with Gasteiger partial charge in [-0.2, -0.15) is 0 Å². The summed E-state index contributed by atoms with van der Waals surface area (Å²) in [5, 5.41) is 4.74. The second-order valence-electron chi connectivity index (χ2n) is 9.91. The van der Waals surface area contributed by atoms with Gasteiger partial charge in [-0.15, -0.1) is 0 Å². The number of piperazine rings is 1.